The molecule has 0 bridgehead atoms. The Morgan fingerprint density at radius 3 is 2.76 bits per heavy atom. The van der Waals surface area contributed by atoms with Gasteiger partial charge in [0.05, 0.1) is 4.92 Å². The van der Waals surface area contributed by atoms with E-state index in [1.807, 2.05) is 6.07 Å². The third-order valence-electron chi connectivity index (χ3n) is 2.92. The van der Waals surface area contributed by atoms with E-state index in [1.54, 1.807) is 13.0 Å². The summed E-state index contributed by atoms with van der Waals surface area (Å²) in [6.07, 6.45) is 2.33. The van der Waals surface area contributed by atoms with Gasteiger partial charge in [0, 0.05) is 23.9 Å². The largest absolute Gasteiger partial charge is 0.384 e. The Balaban J connectivity index is 2.72. The number of nitro benzene ring substituents is 1. The molecular formula is C13H20N2O2. The van der Waals surface area contributed by atoms with Crippen molar-refractivity contribution >= 4 is 11.4 Å². The number of anilines is 1. The van der Waals surface area contributed by atoms with Crippen LogP contribution in [-0.2, 0) is 0 Å². The first kappa shape index (κ1) is 13.5. The summed E-state index contributed by atoms with van der Waals surface area (Å²) < 4.78 is 0. The molecule has 0 heterocycles. The molecule has 0 spiro atoms. The topological polar surface area (TPSA) is 55.2 Å². The van der Waals surface area contributed by atoms with Crippen LogP contribution < -0.4 is 5.32 Å². The van der Waals surface area contributed by atoms with E-state index in [-0.39, 0.29) is 10.6 Å². The van der Waals surface area contributed by atoms with Gasteiger partial charge in [0.2, 0.25) is 0 Å². The normalized spacial score (nSPS) is 12.2. The van der Waals surface area contributed by atoms with E-state index in [2.05, 4.69) is 19.2 Å². The number of nitro groups is 1. The van der Waals surface area contributed by atoms with E-state index in [9.17, 15) is 10.1 Å². The molecule has 1 rings (SSSR count). The van der Waals surface area contributed by atoms with Crippen molar-refractivity contribution in [3.8, 4) is 0 Å². The smallest absolute Gasteiger partial charge is 0.274 e. The van der Waals surface area contributed by atoms with E-state index >= 15 is 0 Å². The molecule has 17 heavy (non-hydrogen) atoms. The summed E-state index contributed by atoms with van der Waals surface area (Å²) in [5.41, 5.74) is 1.75. The molecule has 0 saturated heterocycles. The summed E-state index contributed by atoms with van der Waals surface area (Å²) in [6.45, 7) is 6.99. The summed E-state index contributed by atoms with van der Waals surface area (Å²) in [5.74, 6) is 0.582. The molecule has 0 aliphatic rings. The maximum absolute atomic E-state index is 10.8. The van der Waals surface area contributed by atoms with E-state index in [1.165, 1.54) is 12.5 Å². The lowest BCUT2D eigenvalue weighted by Crippen LogP contribution is -2.12. The lowest BCUT2D eigenvalue weighted by atomic mass is 10.1. The molecule has 4 nitrogen and oxygen atoms in total. The molecule has 1 N–H and O–H groups in total. The fraction of sp³-hybridized carbons (Fsp3) is 0.538. The fourth-order valence-electron chi connectivity index (χ4n) is 1.89. The molecule has 0 radical (unpaired) electrons. The number of hydrogen-bond acceptors (Lipinski definition) is 3. The predicted molar refractivity (Wildman–Crippen MR) is 70.4 cm³/mol. The first-order valence-corrected chi connectivity index (χ1v) is 6.04. The average Bonchev–Trinajstić information content (AvgIpc) is 2.27. The molecule has 0 saturated carbocycles. The van der Waals surface area contributed by atoms with Gasteiger partial charge in [-0.05, 0) is 25.3 Å². The second-order valence-electron chi connectivity index (χ2n) is 4.48. The van der Waals surface area contributed by atoms with Crippen LogP contribution in [0.15, 0.2) is 18.2 Å². The highest BCUT2D eigenvalue weighted by atomic mass is 16.6. The second kappa shape index (κ2) is 6.23. The number of nitrogens with one attached hydrogen (secondary N) is 1. The Morgan fingerprint density at radius 1 is 1.47 bits per heavy atom. The zero-order chi connectivity index (χ0) is 12.8. The van der Waals surface area contributed by atoms with Crippen LogP contribution in [0.1, 0.15) is 32.3 Å². The number of rotatable bonds is 6. The maximum Gasteiger partial charge on any atom is 0.274 e. The van der Waals surface area contributed by atoms with Gasteiger partial charge in [-0.3, -0.25) is 10.1 Å². The van der Waals surface area contributed by atoms with Gasteiger partial charge < -0.3 is 5.32 Å². The number of benzene rings is 1. The predicted octanol–water partition coefficient (Wildman–Crippen LogP) is 3.75. The van der Waals surface area contributed by atoms with E-state index < -0.39 is 0 Å². The van der Waals surface area contributed by atoms with Crippen molar-refractivity contribution in [2.75, 3.05) is 11.9 Å². The van der Waals surface area contributed by atoms with Crippen LogP contribution in [0.2, 0.25) is 0 Å². The second-order valence-corrected chi connectivity index (χ2v) is 4.48. The van der Waals surface area contributed by atoms with E-state index in [4.69, 9.17) is 0 Å². The van der Waals surface area contributed by atoms with Gasteiger partial charge >= 0.3 is 0 Å². The van der Waals surface area contributed by atoms with Crippen LogP contribution >= 0.6 is 0 Å². The van der Waals surface area contributed by atoms with E-state index in [0.29, 0.717) is 11.5 Å². The first-order chi connectivity index (χ1) is 8.06. The monoisotopic (exact) mass is 236 g/mol. The molecule has 1 unspecified atom stereocenters. The molecule has 1 aromatic carbocycles. The van der Waals surface area contributed by atoms with Gasteiger partial charge in [0.25, 0.3) is 5.69 Å². The molecule has 4 heteroatoms. The minimum Gasteiger partial charge on any atom is -0.384 e. The lowest BCUT2D eigenvalue weighted by molar-refractivity contribution is -0.385. The minimum absolute atomic E-state index is 0.179. The summed E-state index contributed by atoms with van der Waals surface area (Å²) in [5, 5.41) is 14.1. The van der Waals surface area contributed by atoms with Gasteiger partial charge in [-0.25, -0.2) is 0 Å². The Hall–Kier alpha value is -1.58. The summed E-state index contributed by atoms with van der Waals surface area (Å²) in [4.78, 5) is 10.5. The van der Waals surface area contributed by atoms with Gasteiger partial charge in [-0.15, -0.1) is 0 Å². The minimum atomic E-state index is -0.337. The third-order valence-corrected chi connectivity index (χ3v) is 2.92. The van der Waals surface area contributed by atoms with Crippen molar-refractivity contribution in [1.29, 1.82) is 0 Å². The van der Waals surface area contributed by atoms with Gasteiger partial charge in [-0.1, -0.05) is 26.3 Å². The molecule has 1 aromatic rings. The number of nitrogens with zero attached hydrogens (tertiary/aromatic N) is 1. The SMILES string of the molecule is CCCC(C)CNc1cccc([N+](=O)[O-])c1C. The standard InChI is InChI=1S/C13H20N2O2/c1-4-6-10(2)9-14-12-7-5-8-13(11(12)3)15(16)17/h5,7-8,10,14H,4,6,9H2,1-3H3. The zero-order valence-corrected chi connectivity index (χ0v) is 10.7. The molecule has 0 aromatic heterocycles. The van der Waals surface area contributed by atoms with Crippen LogP contribution in [0.4, 0.5) is 11.4 Å². The average molecular weight is 236 g/mol. The molecule has 0 amide bonds. The van der Waals surface area contributed by atoms with Crippen molar-refractivity contribution in [3.05, 3.63) is 33.9 Å². The summed E-state index contributed by atoms with van der Waals surface area (Å²) in [7, 11) is 0. The quantitative estimate of drug-likeness (QED) is 0.604. The lowest BCUT2D eigenvalue weighted by Gasteiger charge is -2.14. The van der Waals surface area contributed by atoms with Gasteiger partial charge in [-0.2, -0.15) is 0 Å². The fourth-order valence-corrected chi connectivity index (χ4v) is 1.89. The number of hydrogen-bond donors (Lipinski definition) is 1. The molecule has 94 valence electrons. The molecule has 0 aliphatic carbocycles. The Bertz CT molecular complexity index is 391. The van der Waals surface area contributed by atoms with Crippen molar-refractivity contribution in [2.45, 2.75) is 33.6 Å². The third kappa shape index (κ3) is 3.73. The highest BCUT2D eigenvalue weighted by Crippen LogP contribution is 2.25. The van der Waals surface area contributed by atoms with Crippen LogP contribution in [0.5, 0.6) is 0 Å². The summed E-state index contributed by atoms with van der Waals surface area (Å²) in [6, 6.07) is 5.15. The summed E-state index contributed by atoms with van der Waals surface area (Å²) >= 11 is 0. The Labute approximate surface area is 102 Å². The molecule has 0 fully saturated rings. The van der Waals surface area contributed by atoms with Crippen molar-refractivity contribution < 1.29 is 4.92 Å². The van der Waals surface area contributed by atoms with Gasteiger partial charge in [0.15, 0.2) is 0 Å². The zero-order valence-electron chi connectivity index (χ0n) is 10.7. The van der Waals surface area contributed by atoms with Gasteiger partial charge in [0.1, 0.15) is 0 Å². The van der Waals surface area contributed by atoms with E-state index in [0.717, 1.165) is 18.7 Å². The molecule has 0 aliphatic heterocycles. The maximum atomic E-state index is 10.8. The molecular weight excluding hydrogens is 216 g/mol. The Morgan fingerprint density at radius 2 is 2.18 bits per heavy atom. The van der Waals surface area contributed by atoms with Crippen LogP contribution in [-0.4, -0.2) is 11.5 Å². The first-order valence-electron chi connectivity index (χ1n) is 6.04. The van der Waals surface area contributed by atoms with Crippen LogP contribution in [0.3, 0.4) is 0 Å². The van der Waals surface area contributed by atoms with Crippen molar-refractivity contribution in [2.24, 2.45) is 5.92 Å². The van der Waals surface area contributed by atoms with Crippen LogP contribution in [0.25, 0.3) is 0 Å². The van der Waals surface area contributed by atoms with Crippen LogP contribution in [0, 0.1) is 23.0 Å². The highest BCUT2D eigenvalue weighted by molar-refractivity contribution is 5.59. The highest BCUT2D eigenvalue weighted by Gasteiger charge is 2.13. The van der Waals surface area contributed by atoms with Crippen molar-refractivity contribution in [3.63, 3.8) is 0 Å². The Kier molecular flexibility index (Phi) is 4.94. The molecule has 1 atom stereocenters. The van der Waals surface area contributed by atoms with Crippen molar-refractivity contribution in [1.82, 2.24) is 0 Å².